The van der Waals surface area contributed by atoms with Crippen molar-refractivity contribution in [1.29, 1.82) is 0 Å². The van der Waals surface area contributed by atoms with Crippen molar-refractivity contribution >= 4 is 23.4 Å². The second-order valence-electron chi connectivity index (χ2n) is 4.59. The molecule has 1 heterocycles. The van der Waals surface area contributed by atoms with Crippen LogP contribution in [0.1, 0.15) is 22.7 Å². The fraction of sp³-hybridized carbons (Fsp3) is 0.267. The van der Waals surface area contributed by atoms with Crippen LogP contribution in [0, 0.1) is 13.8 Å². The van der Waals surface area contributed by atoms with Gasteiger partial charge in [0.15, 0.2) is 0 Å². The molecule has 4 heteroatoms. The molecule has 0 aliphatic rings. The molecule has 0 saturated carbocycles. The minimum absolute atomic E-state index is 0.0161. The molecule has 0 bridgehead atoms. The van der Waals surface area contributed by atoms with Crippen molar-refractivity contribution in [3.05, 3.63) is 58.2 Å². The Hall–Kier alpha value is -1.03. The van der Waals surface area contributed by atoms with Gasteiger partial charge in [-0.1, -0.05) is 35.4 Å². The number of rotatable bonds is 4. The van der Waals surface area contributed by atoms with Gasteiger partial charge < -0.3 is 5.73 Å². The number of halogens is 1. The fourth-order valence-corrected chi connectivity index (χ4v) is 2.81. The van der Waals surface area contributed by atoms with Crippen LogP contribution in [0.15, 0.2) is 41.6 Å². The van der Waals surface area contributed by atoms with Gasteiger partial charge >= 0.3 is 0 Å². The first-order chi connectivity index (χ1) is 9.06. The van der Waals surface area contributed by atoms with E-state index in [-0.39, 0.29) is 6.04 Å². The monoisotopic (exact) mass is 292 g/mol. The van der Waals surface area contributed by atoms with Crippen LogP contribution in [0.5, 0.6) is 0 Å². The maximum Gasteiger partial charge on any atom is 0.0961 e. The van der Waals surface area contributed by atoms with E-state index in [0.29, 0.717) is 5.02 Å². The molecule has 2 rings (SSSR count). The molecular formula is C15H17ClN2S. The first kappa shape index (κ1) is 14.4. The lowest BCUT2D eigenvalue weighted by Gasteiger charge is -2.15. The zero-order valence-corrected chi connectivity index (χ0v) is 12.6. The van der Waals surface area contributed by atoms with E-state index in [9.17, 15) is 0 Å². The summed E-state index contributed by atoms with van der Waals surface area (Å²) in [4.78, 5) is 4.26. The molecule has 0 radical (unpaired) electrons. The van der Waals surface area contributed by atoms with Crippen molar-refractivity contribution < 1.29 is 0 Å². The number of aromatic nitrogens is 1. The summed E-state index contributed by atoms with van der Waals surface area (Å²) in [6.07, 6.45) is 1.66. The van der Waals surface area contributed by atoms with Crippen LogP contribution in [0.3, 0.4) is 0 Å². The maximum atomic E-state index is 6.27. The van der Waals surface area contributed by atoms with Crippen LogP contribution in [0.4, 0.5) is 0 Å². The normalized spacial score (nSPS) is 12.4. The molecule has 1 aromatic carbocycles. The number of thioether (sulfide) groups is 1. The number of nitrogens with zero attached hydrogens (tertiary/aromatic N) is 1. The largest absolute Gasteiger partial charge is 0.323 e. The third kappa shape index (κ3) is 3.96. The quantitative estimate of drug-likeness (QED) is 0.861. The molecule has 2 nitrogen and oxygen atoms in total. The number of benzene rings is 1. The van der Waals surface area contributed by atoms with Crippen molar-refractivity contribution in [2.45, 2.75) is 24.9 Å². The SMILES string of the molecule is Cc1ccc(C)c(C(N)CSc2ccc(Cl)cn2)c1. The third-order valence-corrected chi connectivity index (χ3v) is 4.23. The predicted molar refractivity (Wildman–Crippen MR) is 82.8 cm³/mol. The maximum absolute atomic E-state index is 6.27. The molecule has 1 unspecified atom stereocenters. The number of pyridine rings is 1. The molecule has 1 aromatic heterocycles. The second kappa shape index (κ2) is 6.42. The Morgan fingerprint density at radius 2 is 2.05 bits per heavy atom. The topological polar surface area (TPSA) is 38.9 Å². The second-order valence-corrected chi connectivity index (χ2v) is 6.07. The van der Waals surface area contributed by atoms with E-state index in [1.807, 2.05) is 12.1 Å². The first-order valence-electron chi connectivity index (χ1n) is 6.13. The van der Waals surface area contributed by atoms with Gasteiger partial charge in [0.05, 0.1) is 10.0 Å². The lowest BCUT2D eigenvalue weighted by Crippen LogP contribution is -2.14. The Morgan fingerprint density at radius 3 is 2.74 bits per heavy atom. The Labute approximate surface area is 123 Å². The Bertz CT molecular complexity index is 555. The summed E-state index contributed by atoms with van der Waals surface area (Å²) in [6, 6.07) is 10.2. The average Bonchev–Trinajstić information content (AvgIpc) is 2.40. The van der Waals surface area contributed by atoms with Gasteiger partial charge in [0.2, 0.25) is 0 Å². The van der Waals surface area contributed by atoms with E-state index in [4.69, 9.17) is 17.3 Å². The molecule has 0 amide bonds. The number of hydrogen-bond donors (Lipinski definition) is 1. The minimum Gasteiger partial charge on any atom is -0.323 e. The number of aryl methyl sites for hydroxylation is 2. The Balaban J connectivity index is 2.03. The van der Waals surface area contributed by atoms with E-state index < -0.39 is 0 Å². The zero-order valence-electron chi connectivity index (χ0n) is 11.1. The lowest BCUT2D eigenvalue weighted by molar-refractivity contribution is 0.820. The van der Waals surface area contributed by atoms with Gasteiger partial charge in [-0.05, 0) is 37.1 Å². The lowest BCUT2D eigenvalue weighted by atomic mass is 10.0. The van der Waals surface area contributed by atoms with Gasteiger partial charge in [0.25, 0.3) is 0 Å². The average molecular weight is 293 g/mol. The predicted octanol–water partition coefficient (Wildman–Crippen LogP) is 4.14. The van der Waals surface area contributed by atoms with E-state index in [0.717, 1.165) is 10.8 Å². The minimum atomic E-state index is 0.0161. The summed E-state index contributed by atoms with van der Waals surface area (Å²) in [5, 5.41) is 1.60. The first-order valence-corrected chi connectivity index (χ1v) is 7.49. The summed E-state index contributed by atoms with van der Waals surface area (Å²) >= 11 is 7.46. The fourth-order valence-electron chi connectivity index (χ4n) is 1.87. The van der Waals surface area contributed by atoms with Gasteiger partial charge in [-0.3, -0.25) is 0 Å². The molecule has 2 aromatic rings. The number of hydrogen-bond acceptors (Lipinski definition) is 3. The zero-order chi connectivity index (χ0) is 13.8. The third-order valence-electron chi connectivity index (χ3n) is 2.95. The van der Waals surface area contributed by atoms with Crippen molar-refractivity contribution in [1.82, 2.24) is 4.98 Å². The molecule has 2 N–H and O–H groups in total. The Kier molecular flexibility index (Phi) is 4.86. The molecule has 100 valence electrons. The molecule has 19 heavy (non-hydrogen) atoms. The van der Waals surface area contributed by atoms with E-state index in [1.165, 1.54) is 16.7 Å². The van der Waals surface area contributed by atoms with Crippen LogP contribution in [-0.2, 0) is 0 Å². The van der Waals surface area contributed by atoms with Crippen LogP contribution in [0.2, 0.25) is 5.02 Å². The summed E-state index contributed by atoms with van der Waals surface area (Å²) in [6.45, 7) is 4.18. The molecule has 1 atom stereocenters. The van der Waals surface area contributed by atoms with Crippen molar-refractivity contribution in [3.63, 3.8) is 0 Å². The standard InChI is InChI=1S/C15H17ClN2S/c1-10-3-4-11(2)13(7-10)14(17)9-19-15-6-5-12(16)8-18-15/h3-8,14H,9,17H2,1-2H3. The molecular weight excluding hydrogens is 276 g/mol. The summed E-state index contributed by atoms with van der Waals surface area (Å²) in [5.74, 6) is 0.804. The highest BCUT2D eigenvalue weighted by atomic mass is 35.5. The highest BCUT2D eigenvalue weighted by molar-refractivity contribution is 7.99. The van der Waals surface area contributed by atoms with E-state index in [2.05, 4.69) is 37.0 Å². The molecule has 0 aliphatic heterocycles. The summed E-state index contributed by atoms with van der Waals surface area (Å²) in [5.41, 5.74) is 9.96. The van der Waals surface area contributed by atoms with Crippen molar-refractivity contribution in [2.75, 3.05) is 5.75 Å². The highest BCUT2D eigenvalue weighted by Crippen LogP contribution is 2.25. The highest BCUT2D eigenvalue weighted by Gasteiger charge is 2.10. The summed E-state index contributed by atoms with van der Waals surface area (Å²) in [7, 11) is 0. The number of nitrogens with two attached hydrogens (primary N) is 1. The van der Waals surface area contributed by atoms with Crippen molar-refractivity contribution in [2.24, 2.45) is 5.73 Å². The van der Waals surface area contributed by atoms with Crippen LogP contribution in [-0.4, -0.2) is 10.7 Å². The molecule has 0 spiro atoms. The smallest absolute Gasteiger partial charge is 0.0961 e. The van der Waals surface area contributed by atoms with E-state index >= 15 is 0 Å². The molecule has 0 saturated heterocycles. The van der Waals surface area contributed by atoms with Gasteiger partial charge in [-0.25, -0.2) is 4.98 Å². The Morgan fingerprint density at radius 1 is 1.26 bits per heavy atom. The summed E-state index contributed by atoms with van der Waals surface area (Å²) < 4.78 is 0. The van der Waals surface area contributed by atoms with Gasteiger partial charge in [0, 0.05) is 18.0 Å². The van der Waals surface area contributed by atoms with Crippen LogP contribution >= 0.6 is 23.4 Å². The molecule has 0 aliphatic carbocycles. The van der Waals surface area contributed by atoms with Gasteiger partial charge in [0.1, 0.15) is 0 Å². The van der Waals surface area contributed by atoms with Crippen LogP contribution < -0.4 is 5.73 Å². The van der Waals surface area contributed by atoms with Crippen molar-refractivity contribution in [3.8, 4) is 0 Å². The van der Waals surface area contributed by atoms with Gasteiger partial charge in [-0.15, -0.1) is 11.8 Å². The molecule has 0 fully saturated rings. The van der Waals surface area contributed by atoms with E-state index in [1.54, 1.807) is 18.0 Å². The van der Waals surface area contributed by atoms with Crippen LogP contribution in [0.25, 0.3) is 0 Å². The van der Waals surface area contributed by atoms with Gasteiger partial charge in [-0.2, -0.15) is 0 Å².